The van der Waals surface area contributed by atoms with Gasteiger partial charge in [-0.25, -0.2) is 4.98 Å². The summed E-state index contributed by atoms with van der Waals surface area (Å²) in [6, 6.07) is 4.17. The predicted octanol–water partition coefficient (Wildman–Crippen LogP) is 2.20. The lowest BCUT2D eigenvalue weighted by Crippen LogP contribution is -1.98. The highest BCUT2D eigenvalue weighted by atomic mass is 32.1. The first-order valence-corrected chi connectivity index (χ1v) is 6.37. The van der Waals surface area contributed by atoms with E-state index >= 15 is 0 Å². The maximum atomic E-state index is 10.4. The van der Waals surface area contributed by atoms with E-state index in [2.05, 4.69) is 16.4 Å². The summed E-state index contributed by atoms with van der Waals surface area (Å²) in [5.41, 5.74) is 0.846. The van der Waals surface area contributed by atoms with Crippen molar-refractivity contribution < 1.29 is 9.90 Å². The third-order valence-electron chi connectivity index (χ3n) is 2.48. The first-order valence-electron chi connectivity index (χ1n) is 5.49. The van der Waals surface area contributed by atoms with Crippen LogP contribution >= 0.6 is 11.3 Å². The SMILES string of the molecule is O=C(O)CCc1cn(CCc2cccs2)cn1. The maximum absolute atomic E-state index is 10.4. The summed E-state index contributed by atoms with van der Waals surface area (Å²) in [6.07, 6.45) is 5.33. The zero-order chi connectivity index (χ0) is 12.1. The van der Waals surface area contributed by atoms with Crippen molar-refractivity contribution >= 4 is 17.3 Å². The molecule has 2 aromatic rings. The predicted molar refractivity (Wildman–Crippen MR) is 66.2 cm³/mol. The minimum absolute atomic E-state index is 0.141. The number of nitrogens with zero attached hydrogens (tertiary/aromatic N) is 2. The Balaban J connectivity index is 1.83. The first kappa shape index (κ1) is 11.9. The molecule has 0 atom stereocenters. The van der Waals surface area contributed by atoms with Crippen LogP contribution in [-0.2, 0) is 24.2 Å². The molecule has 2 rings (SSSR count). The molecule has 1 N–H and O–H groups in total. The normalized spacial score (nSPS) is 10.6. The zero-order valence-corrected chi connectivity index (χ0v) is 10.2. The Labute approximate surface area is 104 Å². The van der Waals surface area contributed by atoms with Crippen molar-refractivity contribution in [1.29, 1.82) is 0 Å². The average Bonchev–Trinajstić information content (AvgIpc) is 2.95. The average molecular weight is 250 g/mol. The number of carboxylic acids is 1. The Morgan fingerprint density at radius 1 is 1.47 bits per heavy atom. The summed E-state index contributed by atoms with van der Waals surface area (Å²) >= 11 is 1.75. The van der Waals surface area contributed by atoms with Crippen molar-refractivity contribution in [3.8, 4) is 0 Å². The summed E-state index contributed by atoms with van der Waals surface area (Å²) < 4.78 is 2.01. The second kappa shape index (κ2) is 5.63. The van der Waals surface area contributed by atoms with Gasteiger partial charge in [-0.1, -0.05) is 6.07 Å². The smallest absolute Gasteiger partial charge is 0.303 e. The quantitative estimate of drug-likeness (QED) is 0.855. The van der Waals surface area contributed by atoms with E-state index in [1.165, 1.54) is 4.88 Å². The van der Waals surface area contributed by atoms with Crippen LogP contribution in [0.3, 0.4) is 0 Å². The molecule has 0 bridgehead atoms. The van der Waals surface area contributed by atoms with E-state index in [-0.39, 0.29) is 6.42 Å². The van der Waals surface area contributed by atoms with E-state index in [4.69, 9.17) is 5.11 Å². The highest BCUT2D eigenvalue weighted by molar-refractivity contribution is 7.09. The van der Waals surface area contributed by atoms with Crippen molar-refractivity contribution in [3.05, 3.63) is 40.6 Å². The van der Waals surface area contributed by atoms with Crippen molar-refractivity contribution in [3.63, 3.8) is 0 Å². The van der Waals surface area contributed by atoms with Crippen LogP contribution in [0.15, 0.2) is 30.0 Å². The van der Waals surface area contributed by atoms with Crippen LogP contribution in [-0.4, -0.2) is 20.6 Å². The Hall–Kier alpha value is -1.62. The minimum Gasteiger partial charge on any atom is -0.481 e. The minimum atomic E-state index is -0.780. The standard InChI is InChI=1S/C12H14N2O2S/c15-12(16)4-3-10-8-14(9-13-10)6-5-11-2-1-7-17-11/h1-2,7-9H,3-6H2,(H,15,16). The van der Waals surface area contributed by atoms with E-state index in [1.54, 1.807) is 17.7 Å². The van der Waals surface area contributed by atoms with Gasteiger partial charge >= 0.3 is 5.97 Å². The van der Waals surface area contributed by atoms with Gasteiger partial charge in [0, 0.05) is 24.0 Å². The Morgan fingerprint density at radius 3 is 3.06 bits per heavy atom. The van der Waals surface area contributed by atoms with Crippen molar-refractivity contribution in [2.45, 2.75) is 25.8 Å². The summed E-state index contributed by atoms with van der Waals surface area (Å²) in [4.78, 5) is 16.0. The summed E-state index contributed by atoms with van der Waals surface area (Å²) in [5.74, 6) is -0.780. The molecule has 2 aromatic heterocycles. The van der Waals surface area contributed by atoms with E-state index in [0.717, 1.165) is 18.7 Å². The van der Waals surface area contributed by atoms with Crippen molar-refractivity contribution in [2.24, 2.45) is 0 Å². The van der Waals surface area contributed by atoms with E-state index < -0.39 is 5.97 Å². The Morgan fingerprint density at radius 2 is 2.35 bits per heavy atom. The molecule has 0 radical (unpaired) electrons. The number of hydrogen-bond donors (Lipinski definition) is 1. The van der Waals surface area contributed by atoms with Gasteiger partial charge in [0.15, 0.2) is 0 Å². The fourth-order valence-electron chi connectivity index (χ4n) is 1.59. The molecule has 2 heterocycles. The van der Waals surface area contributed by atoms with Gasteiger partial charge in [0.2, 0.25) is 0 Å². The molecule has 0 aliphatic rings. The van der Waals surface area contributed by atoms with Crippen LogP contribution in [0.1, 0.15) is 17.0 Å². The molecule has 0 aromatic carbocycles. The Bertz CT molecular complexity index is 476. The number of thiophene rings is 1. The second-order valence-electron chi connectivity index (χ2n) is 3.83. The molecule has 90 valence electrons. The number of rotatable bonds is 6. The highest BCUT2D eigenvalue weighted by Gasteiger charge is 2.03. The zero-order valence-electron chi connectivity index (χ0n) is 9.37. The molecule has 0 saturated carbocycles. The number of aliphatic carboxylic acids is 1. The first-order chi connectivity index (χ1) is 8.24. The largest absolute Gasteiger partial charge is 0.481 e. The number of imidazole rings is 1. The third kappa shape index (κ3) is 3.71. The number of carbonyl (C=O) groups is 1. The lowest BCUT2D eigenvalue weighted by atomic mass is 10.2. The molecule has 0 unspecified atom stereocenters. The summed E-state index contributed by atoms with van der Waals surface area (Å²) in [7, 11) is 0. The van der Waals surface area contributed by atoms with Gasteiger partial charge in [0.1, 0.15) is 0 Å². The van der Waals surface area contributed by atoms with Gasteiger partial charge in [0.25, 0.3) is 0 Å². The van der Waals surface area contributed by atoms with Crippen LogP contribution in [0.2, 0.25) is 0 Å². The van der Waals surface area contributed by atoms with Gasteiger partial charge in [-0.15, -0.1) is 11.3 Å². The summed E-state index contributed by atoms with van der Waals surface area (Å²) in [5, 5.41) is 10.6. The molecule has 0 saturated heterocycles. The van der Waals surface area contributed by atoms with Gasteiger partial charge in [-0.05, 0) is 17.9 Å². The van der Waals surface area contributed by atoms with E-state index in [9.17, 15) is 4.79 Å². The Kier molecular flexibility index (Phi) is 3.93. The number of aryl methyl sites for hydroxylation is 3. The van der Waals surface area contributed by atoms with E-state index in [1.807, 2.05) is 16.8 Å². The third-order valence-corrected chi connectivity index (χ3v) is 3.41. The monoisotopic (exact) mass is 250 g/mol. The van der Waals surface area contributed by atoms with Crippen molar-refractivity contribution in [2.75, 3.05) is 0 Å². The van der Waals surface area contributed by atoms with Gasteiger partial charge in [-0.3, -0.25) is 4.79 Å². The fourth-order valence-corrected chi connectivity index (χ4v) is 2.29. The fraction of sp³-hybridized carbons (Fsp3) is 0.333. The second-order valence-corrected chi connectivity index (χ2v) is 4.86. The molecular weight excluding hydrogens is 236 g/mol. The molecule has 0 spiro atoms. The topological polar surface area (TPSA) is 55.1 Å². The molecule has 5 heteroatoms. The summed E-state index contributed by atoms with van der Waals surface area (Å²) in [6.45, 7) is 0.889. The number of hydrogen-bond acceptors (Lipinski definition) is 3. The molecule has 0 aliphatic carbocycles. The van der Waals surface area contributed by atoms with Crippen LogP contribution in [0.4, 0.5) is 0 Å². The van der Waals surface area contributed by atoms with Crippen molar-refractivity contribution in [1.82, 2.24) is 9.55 Å². The lowest BCUT2D eigenvalue weighted by Gasteiger charge is -1.99. The lowest BCUT2D eigenvalue weighted by molar-refractivity contribution is -0.136. The van der Waals surface area contributed by atoms with Gasteiger partial charge < -0.3 is 9.67 Å². The van der Waals surface area contributed by atoms with E-state index in [0.29, 0.717) is 6.42 Å². The molecular formula is C12H14N2O2S. The van der Waals surface area contributed by atoms with Crippen LogP contribution < -0.4 is 0 Å². The number of carboxylic acid groups (broad SMARTS) is 1. The molecule has 0 amide bonds. The maximum Gasteiger partial charge on any atom is 0.303 e. The molecule has 17 heavy (non-hydrogen) atoms. The molecule has 4 nitrogen and oxygen atoms in total. The van der Waals surface area contributed by atoms with Gasteiger partial charge in [-0.2, -0.15) is 0 Å². The molecule has 0 fully saturated rings. The van der Waals surface area contributed by atoms with Crippen LogP contribution in [0.25, 0.3) is 0 Å². The molecule has 0 aliphatic heterocycles. The number of aromatic nitrogens is 2. The van der Waals surface area contributed by atoms with Crippen LogP contribution in [0, 0.1) is 0 Å². The highest BCUT2D eigenvalue weighted by Crippen LogP contribution is 2.10. The van der Waals surface area contributed by atoms with Crippen LogP contribution in [0.5, 0.6) is 0 Å². The van der Waals surface area contributed by atoms with Gasteiger partial charge in [0.05, 0.1) is 18.4 Å².